The molecule has 0 aliphatic heterocycles. The lowest BCUT2D eigenvalue weighted by atomic mass is 10.2. The molecule has 17 heavy (non-hydrogen) atoms. The highest BCUT2D eigenvalue weighted by atomic mass is 32.2. The van der Waals surface area contributed by atoms with Gasteiger partial charge in [0.2, 0.25) is 5.76 Å². The molecule has 0 aliphatic rings. The fourth-order valence-corrected chi connectivity index (χ4v) is 1.74. The second-order valence-corrected chi connectivity index (χ2v) is 4.11. The average Bonchev–Trinajstić information content (AvgIpc) is 2.28. The zero-order valence-corrected chi connectivity index (χ0v) is 9.02. The van der Waals surface area contributed by atoms with Gasteiger partial charge in [0.25, 0.3) is 0 Å². The number of fused-ring (bicyclic) bond motifs is 1. The van der Waals surface area contributed by atoms with E-state index in [0.29, 0.717) is 0 Å². The summed E-state index contributed by atoms with van der Waals surface area (Å²) in [5, 5.41) is 8.71. The normalized spacial score (nSPS) is 12.5. The Hall–Kier alpha value is -1.99. The van der Waals surface area contributed by atoms with Gasteiger partial charge in [-0.1, -0.05) is 0 Å². The molecule has 0 spiro atoms. The van der Waals surface area contributed by atoms with Gasteiger partial charge in [-0.05, 0) is 29.3 Å². The fraction of sp³-hybridized carbons (Fsp3) is 0. The van der Waals surface area contributed by atoms with Crippen LogP contribution in [0.2, 0.25) is 0 Å². The van der Waals surface area contributed by atoms with Crippen LogP contribution in [-0.4, -0.2) is 19.8 Å². The number of rotatable bonds is 2. The number of benzene rings is 1. The fourth-order valence-electron chi connectivity index (χ4n) is 1.34. The number of hydrogen-bond donors (Lipinski definition) is 1. The van der Waals surface area contributed by atoms with Crippen LogP contribution in [0.1, 0.15) is 10.6 Å². The number of aromatic carboxylic acids is 1. The molecule has 0 amide bonds. The van der Waals surface area contributed by atoms with E-state index in [0.717, 1.165) is 12.1 Å². The zero-order chi connectivity index (χ0) is 12.6. The summed E-state index contributed by atoms with van der Waals surface area (Å²) in [5.74, 6) is -1.85. The highest BCUT2D eigenvalue weighted by Gasteiger charge is 2.10. The standard InChI is InChI=1S/C10H6O6S/c11-7-4-9(10(12)13)16-8-2-1-5(17(14)15)3-6(7)8/h1-4H,(H,12,13)(H,14,15)/p-1. The minimum Gasteiger partial charge on any atom is -0.768 e. The molecule has 1 atom stereocenters. The highest BCUT2D eigenvalue weighted by molar-refractivity contribution is 7.79. The van der Waals surface area contributed by atoms with Crippen LogP contribution in [-0.2, 0) is 11.1 Å². The van der Waals surface area contributed by atoms with Crippen LogP contribution >= 0.6 is 0 Å². The lowest BCUT2D eigenvalue weighted by molar-refractivity contribution is 0.0663. The van der Waals surface area contributed by atoms with Crippen molar-refractivity contribution < 1.29 is 23.1 Å². The van der Waals surface area contributed by atoms with Crippen molar-refractivity contribution in [2.75, 3.05) is 0 Å². The molecule has 0 fully saturated rings. The summed E-state index contributed by atoms with van der Waals surface area (Å²) in [6, 6.07) is 4.41. The largest absolute Gasteiger partial charge is 0.768 e. The molecular formula is C10H5O6S-. The van der Waals surface area contributed by atoms with E-state index in [1.165, 1.54) is 12.1 Å². The maximum Gasteiger partial charge on any atom is 0.371 e. The van der Waals surface area contributed by atoms with Gasteiger partial charge in [0.15, 0.2) is 5.43 Å². The molecule has 1 N–H and O–H groups in total. The monoisotopic (exact) mass is 253 g/mol. The first-order valence-electron chi connectivity index (χ1n) is 4.39. The van der Waals surface area contributed by atoms with Crippen molar-refractivity contribution >= 4 is 28.0 Å². The van der Waals surface area contributed by atoms with Gasteiger partial charge < -0.3 is 14.1 Å². The van der Waals surface area contributed by atoms with Gasteiger partial charge in [-0.3, -0.25) is 9.00 Å². The maximum atomic E-state index is 11.6. The molecule has 2 aromatic rings. The summed E-state index contributed by atoms with van der Waals surface area (Å²) in [6.45, 7) is 0. The number of carboxylic acid groups (broad SMARTS) is 1. The SMILES string of the molecule is O=C(O)c1cc(=O)c2cc(S(=O)[O-])ccc2o1. The molecule has 1 aromatic carbocycles. The quantitative estimate of drug-likeness (QED) is 0.790. The Morgan fingerprint density at radius 1 is 1.35 bits per heavy atom. The summed E-state index contributed by atoms with van der Waals surface area (Å²) < 4.78 is 26.3. The molecule has 7 heteroatoms. The van der Waals surface area contributed by atoms with Crippen LogP contribution in [0.4, 0.5) is 0 Å². The Labute approximate surface area is 96.8 Å². The third kappa shape index (κ3) is 2.10. The highest BCUT2D eigenvalue weighted by Crippen LogP contribution is 2.16. The van der Waals surface area contributed by atoms with E-state index in [1.807, 2.05) is 0 Å². The molecule has 0 bridgehead atoms. The summed E-state index contributed by atoms with van der Waals surface area (Å²) in [6.07, 6.45) is 0. The molecule has 88 valence electrons. The molecule has 1 heterocycles. The van der Waals surface area contributed by atoms with Crippen LogP contribution in [0.15, 0.2) is 38.4 Å². The van der Waals surface area contributed by atoms with Crippen LogP contribution in [0.3, 0.4) is 0 Å². The van der Waals surface area contributed by atoms with E-state index in [4.69, 9.17) is 9.52 Å². The molecule has 0 aliphatic carbocycles. The predicted octanol–water partition coefficient (Wildman–Crippen LogP) is 0.729. The predicted molar refractivity (Wildman–Crippen MR) is 56.6 cm³/mol. The van der Waals surface area contributed by atoms with E-state index in [9.17, 15) is 18.4 Å². The zero-order valence-electron chi connectivity index (χ0n) is 8.21. The number of carboxylic acids is 1. The molecule has 2 rings (SSSR count). The molecule has 0 saturated heterocycles. The van der Waals surface area contributed by atoms with Gasteiger partial charge in [0, 0.05) is 11.0 Å². The molecule has 6 nitrogen and oxygen atoms in total. The summed E-state index contributed by atoms with van der Waals surface area (Å²) in [4.78, 5) is 22.1. The molecule has 0 saturated carbocycles. The van der Waals surface area contributed by atoms with Crippen molar-refractivity contribution in [1.82, 2.24) is 0 Å². The summed E-state index contributed by atoms with van der Waals surface area (Å²) in [5.41, 5.74) is -0.569. The molecule has 0 radical (unpaired) electrons. The first-order chi connectivity index (χ1) is 7.99. The minimum atomic E-state index is -2.45. The Morgan fingerprint density at radius 3 is 2.65 bits per heavy atom. The van der Waals surface area contributed by atoms with Gasteiger partial charge in [0.1, 0.15) is 5.58 Å². The number of hydrogen-bond acceptors (Lipinski definition) is 5. The lowest BCUT2D eigenvalue weighted by Crippen LogP contribution is -2.06. The van der Waals surface area contributed by atoms with Crippen molar-refractivity contribution in [3.05, 3.63) is 40.2 Å². The average molecular weight is 253 g/mol. The van der Waals surface area contributed by atoms with Gasteiger partial charge in [-0.2, -0.15) is 0 Å². The smallest absolute Gasteiger partial charge is 0.371 e. The Balaban J connectivity index is 2.77. The van der Waals surface area contributed by atoms with E-state index in [-0.39, 0.29) is 15.9 Å². The molecule has 1 unspecified atom stereocenters. The second kappa shape index (κ2) is 4.11. The third-order valence-corrected chi connectivity index (χ3v) is 2.74. The van der Waals surface area contributed by atoms with Crippen molar-refractivity contribution in [3.63, 3.8) is 0 Å². The summed E-state index contributed by atoms with van der Waals surface area (Å²) in [7, 11) is 0. The van der Waals surface area contributed by atoms with Crippen molar-refractivity contribution in [2.45, 2.75) is 4.90 Å². The molecular weight excluding hydrogens is 248 g/mol. The topological polar surface area (TPSA) is 108 Å². The first kappa shape index (κ1) is 11.5. The van der Waals surface area contributed by atoms with Gasteiger partial charge in [0.05, 0.1) is 5.39 Å². The first-order valence-corrected chi connectivity index (χ1v) is 5.47. The molecule has 1 aromatic heterocycles. The van der Waals surface area contributed by atoms with Crippen molar-refractivity contribution in [1.29, 1.82) is 0 Å². The van der Waals surface area contributed by atoms with Crippen LogP contribution < -0.4 is 5.43 Å². The van der Waals surface area contributed by atoms with Crippen LogP contribution in [0, 0.1) is 0 Å². The maximum absolute atomic E-state index is 11.6. The van der Waals surface area contributed by atoms with E-state index >= 15 is 0 Å². The number of carbonyl (C=O) groups is 1. The lowest BCUT2D eigenvalue weighted by Gasteiger charge is -2.05. The Kier molecular flexibility index (Phi) is 2.78. The van der Waals surface area contributed by atoms with E-state index < -0.39 is 28.2 Å². The van der Waals surface area contributed by atoms with Crippen LogP contribution in [0.25, 0.3) is 11.0 Å². The Bertz CT molecular complexity index is 687. The Morgan fingerprint density at radius 2 is 2.06 bits per heavy atom. The van der Waals surface area contributed by atoms with Crippen molar-refractivity contribution in [3.8, 4) is 0 Å². The second-order valence-electron chi connectivity index (χ2n) is 3.17. The van der Waals surface area contributed by atoms with Crippen molar-refractivity contribution in [2.24, 2.45) is 0 Å². The summed E-state index contributed by atoms with van der Waals surface area (Å²) >= 11 is -2.45. The van der Waals surface area contributed by atoms with E-state index in [1.54, 1.807) is 0 Å². The third-order valence-electron chi connectivity index (χ3n) is 2.10. The van der Waals surface area contributed by atoms with Crippen LogP contribution in [0.5, 0.6) is 0 Å². The van der Waals surface area contributed by atoms with Gasteiger partial charge in [-0.25, -0.2) is 4.79 Å². The van der Waals surface area contributed by atoms with E-state index in [2.05, 4.69) is 0 Å². The van der Waals surface area contributed by atoms with Gasteiger partial charge in [-0.15, -0.1) is 0 Å². The minimum absolute atomic E-state index is 0.0247. The van der Waals surface area contributed by atoms with Gasteiger partial charge >= 0.3 is 5.97 Å².